The van der Waals surface area contributed by atoms with Crippen LogP contribution in [0.3, 0.4) is 0 Å². The molecule has 0 atom stereocenters. The van der Waals surface area contributed by atoms with Crippen molar-refractivity contribution in [3.8, 4) is 0 Å². The van der Waals surface area contributed by atoms with Gasteiger partial charge in [-0.3, -0.25) is 10.2 Å². The maximum atomic E-state index is 12.5. The van der Waals surface area contributed by atoms with Gasteiger partial charge in [0.2, 0.25) is 0 Å². The van der Waals surface area contributed by atoms with Crippen molar-refractivity contribution < 1.29 is 17.6 Å². The van der Waals surface area contributed by atoms with Crippen molar-refractivity contribution in [3.05, 3.63) is 76.3 Å². The van der Waals surface area contributed by atoms with Crippen molar-refractivity contribution in [2.45, 2.75) is 4.90 Å². The van der Waals surface area contributed by atoms with E-state index >= 15 is 0 Å². The highest BCUT2D eigenvalue weighted by Crippen LogP contribution is 2.30. The van der Waals surface area contributed by atoms with E-state index in [1.165, 1.54) is 24.3 Å². The van der Waals surface area contributed by atoms with Gasteiger partial charge in [0.1, 0.15) is 16.1 Å². The Kier molecular flexibility index (Phi) is 4.76. The number of carbonyl (C=O) groups is 1. The smallest absolute Gasteiger partial charge is 0.266 e. The number of para-hydroxylation sites is 1. The first-order chi connectivity index (χ1) is 13.4. The fourth-order valence-corrected chi connectivity index (χ4v) is 4.83. The minimum atomic E-state index is -4.16. The third-order valence-corrected chi connectivity index (χ3v) is 6.33. The van der Waals surface area contributed by atoms with Gasteiger partial charge in [-0.2, -0.15) is 0 Å². The summed E-state index contributed by atoms with van der Waals surface area (Å²) in [5, 5.41) is 1.50. The first-order valence-electron chi connectivity index (χ1n) is 8.04. The van der Waals surface area contributed by atoms with Gasteiger partial charge < -0.3 is 4.42 Å². The minimum Gasteiger partial charge on any atom is -0.456 e. The summed E-state index contributed by atoms with van der Waals surface area (Å²) in [7, 11) is -4.16. The zero-order valence-electron chi connectivity index (χ0n) is 14.1. The summed E-state index contributed by atoms with van der Waals surface area (Å²) in [4.78, 5) is 14.2. The molecule has 28 heavy (non-hydrogen) atoms. The average Bonchev–Trinajstić information content (AvgIpc) is 3.03. The molecule has 2 N–H and O–H groups in total. The zero-order chi connectivity index (χ0) is 19.9. The molecule has 9 heteroatoms. The number of amides is 1. The number of hydrogen-bond acceptors (Lipinski definition) is 4. The number of furan rings is 1. The van der Waals surface area contributed by atoms with E-state index in [1.807, 2.05) is 29.1 Å². The van der Waals surface area contributed by atoms with Gasteiger partial charge in [-0.05, 0) is 36.4 Å². The maximum Gasteiger partial charge on any atom is 0.266 e. The van der Waals surface area contributed by atoms with Crippen molar-refractivity contribution in [2.24, 2.45) is 0 Å². The molecule has 142 valence electrons. The van der Waals surface area contributed by atoms with Crippen LogP contribution >= 0.6 is 23.2 Å². The summed E-state index contributed by atoms with van der Waals surface area (Å²) in [6, 6.07) is 16.6. The molecule has 0 bridgehead atoms. The maximum absolute atomic E-state index is 12.5. The van der Waals surface area contributed by atoms with Gasteiger partial charge in [-0.15, -0.1) is 4.83 Å². The second-order valence-electron chi connectivity index (χ2n) is 5.92. The van der Waals surface area contributed by atoms with E-state index in [1.54, 1.807) is 12.1 Å². The summed E-state index contributed by atoms with van der Waals surface area (Å²) in [6.45, 7) is 0. The highest BCUT2D eigenvalue weighted by Gasteiger charge is 2.22. The molecule has 0 aliphatic heterocycles. The molecule has 0 radical (unpaired) electrons. The standard InChI is InChI=1S/C19H12Cl2N2O4S/c20-14-5-3-6-15(21)18(14)28(25,26)23-22-19(24)11-8-9-17-13(10-11)12-4-1-2-7-16(12)27-17/h1-10,23H,(H,22,24). The second-order valence-corrected chi connectivity index (χ2v) is 8.35. The van der Waals surface area contributed by atoms with Crippen molar-refractivity contribution >= 4 is 61.1 Å². The zero-order valence-corrected chi connectivity index (χ0v) is 16.4. The summed E-state index contributed by atoms with van der Waals surface area (Å²) >= 11 is 11.9. The third-order valence-electron chi connectivity index (χ3n) is 4.13. The lowest BCUT2D eigenvalue weighted by Crippen LogP contribution is -2.41. The number of sulfonamides is 1. The number of hydrogen-bond donors (Lipinski definition) is 2. The van der Waals surface area contributed by atoms with Crippen LogP contribution < -0.4 is 10.3 Å². The largest absolute Gasteiger partial charge is 0.456 e. The molecule has 4 rings (SSSR count). The SMILES string of the molecule is O=C(NNS(=O)(=O)c1c(Cl)cccc1Cl)c1ccc2oc3ccccc3c2c1. The fourth-order valence-electron chi connectivity index (χ4n) is 2.84. The van der Waals surface area contributed by atoms with Crippen molar-refractivity contribution in [3.63, 3.8) is 0 Å². The number of fused-ring (bicyclic) bond motifs is 3. The van der Waals surface area contributed by atoms with Gasteiger partial charge in [-0.1, -0.05) is 47.5 Å². The Balaban J connectivity index is 1.61. The fraction of sp³-hybridized carbons (Fsp3) is 0. The normalized spacial score (nSPS) is 11.8. The van der Waals surface area contributed by atoms with E-state index < -0.39 is 15.9 Å². The molecule has 1 amide bonds. The van der Waals surface area contributed by atoms with Crippen LogP contribution in [-0.2, 0) is 10.0 Å². The summed E-state index contributed by atoms with van der Waals surface area (Å²) in [5.41, 5.74) is 3.75. The molecule has 0 aliphatic rings. The lowest BCUT2D eigenvalue weighted by atomic mass is 10.1. The first-order valence-corrected chi connectivity index (χ1v) is 10.3. The van der Waals surface area contributed by atoms with Gasteiger partial charge in [0.25, 0.3) is 15.9 Å². The molecule has 0 saturated heterocycles. The van der Waals surface area contributed by atoms with Gasteiger partial charge >= 0.3 is 0 Å². The minimum absolute atomic E-state index is 0.0551. The number of benzene rings is 3. The lowest BCUT2D eigenvalue weighted by Gasteiger charge is -2.11. The van der Waals surface area contributed by atoms with Crippen LogP contribution in [0.1, 0.15) is 10.4 Å². The van der Waals surface area contributed by atoms with Crippen LogP contribution in [0.5, 0.6) is 0 Å². The second kappa shape index (κ2) is 7.10. The van der Waals surface area contributed by atoms with Gasteiger partial charge in [0.05, 0.1) is 10.0 Å². The quantitative estimate of drug-likeness (QED) is 0.462. The van der Waals surface area contributed by atoms with Crippen molar-refractivity contribution in [2.75, 3.05) is 0 Å². The molecular weight excluding hydrogens is 423 g/mol. The van der Waals surface area contributed by atoms with E-state index in [9.17, 15) is 13.2 Å². The highest BCUT2D eigenvalue weighted by molar-refractivity contribution is 7.89. The summed E-state index contributed by atoms with van der Waals surface area (Å²) in [6.07, 6.45) is 0. The summed E-state index contributed by atoms with van der Waals surface area (Å²) < 4.78 is 30.6. The predicted molar refractivity (Wildman–Crippen MR) is 108 cm³/mol. The number of nitrogens with one attached hydrogen (secondary N) is 2. The van der Waals surface area contributed by atoms with Crippen LogP contribution in [-0.4, -0.2) is 14.3 Å². The van der Waals surface area contributed by atoms with Crippen LogP contribution in [0.15, 0.2) is 70.0 Å². The Hall–Kier alpha value is -2.58. The molecule has 0 aliphatic carbocycles. The molecule has 3 aromatic carbocycles. The average molecular weight is 435 g/mol. The van der Waals surface area contributed by atoms with Gasteiger partial charge in [0, 0.05) is 16.3 Å². The van der Waals surface area contributed by atoms with E-state index in [0.29, 0.717) is 11.2 Å². The van der Waals surface area contributed by atoms with Gasteiger partial charge in [-0.25, -0.2) is 8.42 Å². The van der Waals surface area contributed by atoms with Crippen LogP contribution in [0.4, 0.5) is 0 Å². The Bertz CT molecular complexity index is 1310. The van der Waals surface area contributed by atoms with E-state index in [0.717, 1.165) is 10.8 Å². The molecule has 1 heterocycles. The number of rotatable bonds is 4. The highest BCUT2D eigenvalue weighted by atomic mass is 35.5. The molecule has 0 saturated carbocycles. The number of hydrazine groups is 1. The van der Waals surface area contributed by atoms with Crippen LogP contribution in [0.25, 0.3) is 21.9 Å². The van der Waals surface area contributed by atoms with E-state index in [-0.39, 0.29) is 20.5 Å². The molecular formula is C19H12Cl2N2O4S. The number of halogens is 2. The Morgan fingerprint density at radius 2 is 1.54 bits per heavy atom. The topological polar surface area (TPSA) is 88.4 Å². The van der Waals surface area contributed by atoms with Crippen LogP contribution in [0, 0.1) is 0 Å². The molecule has 0 fully saturated rings. The molecule has 6 nitrogen and oxygen atoms in total. The summed E-state index contributed by atoms with van der Waals surface area (Å²) in [5.74, 6) is -0.640. The predicted octanol–water partition coefficient (Wildman–Crippen LogP) is 4.52. The molecule has 0 unspecified atom stereocenters. The molecule has 4 aromatic rings. The van der Waals surface area contributed by atoms with E-state index in [2.05, 4.69) is 5.43 Å². The van der Waals surface area contributed by atoms with Crippen LogP contribution in [0.2, 0.25) is 10.0 Å². The Morgan fingerprint density at radius 3 is 2.29 bits per heavy atom. The number of carbonyl (C=O) groups excluding carboxylic acids is 1. The third kappa shape index (κ3) is 3.33. The first kappa shape index (κ1) is 18.8. The van der Waals surface area contributed by atoms with Crippen molar-refractivity contribution in [1.82, 2.24) is 10.3 Å². The van der Waals surface area contributed by atoms with Gasteiger partial charge in [0.15, 0.2) is 0 Å². The lowest BCUT2D eigenvalue weighted by molar-refractivity contribution is 0.0945. The monoisotopic (exact) mass is 434 g/mol. The molecule has 1 aromatic heterocycles. The van der Waals surface area contributed by atoms with E-state index in [4.69, 9.17) is 27.6 Å². The Labute approximate surface area is 170 Å². The van der Waals surface area contributed by atoms with Crippen molar-refractivity contribution in [1.29, 1.82) is 0 Å². The molecule has 0 spiro atoms. The Morgan fingerprint density at radius 1 is 0.857 bits per heavy atom.